The lowest BCUT2D eigenvalue weighted by Crippen LogP contribution is -2.27. The van der Waals surface area contributed by atoms with E-state index in [1.165, 1.54) is 40.1 Å². The maximum atomic E-state index is 14.6. The number of pyridine rings is 1. The molecule has 0 aliphatic heterocycles. The predicted molar refractivity (Wildman–Crippen MR) is 191 cm³/mol. The summed E-state index contributed by atoms with van der Waals surface area (Å²) in [5.74, 6) is 0.860. The third-order valence-electron chi connectivity index (χ3n) is 7.54. The third kappa shape index (κ3) is 7.32. The van der Waals surface area contributed by atoms with Crippen molar-refractivity contribution in [2.45, 2.75) is 33.0 Å². The van der Waals surface area contributed by atoms with E-state index >= 15 is 0 Å². The number of carbonyl (C=O) groups is 2. The lowest BCUT2D eigenvalue weighted by Gasteiger charge is -2.22. The Kier molecular flexibility index (Phi) is 10.6. The molecular formula is C37H38N2O10S. The highest BCUT2D eigenvalue weighted by Gasteiger charge is 2.28. The highest BCUT2D eigenvalue weighted by atomic mass is 32.1. The predicted octanol–water partition coefficient (Wildman–Crippen LogP) is 7.47. The summed E-state index contributed by atoms with van der Waals surface area (Å²) in [7, 11) is 7.17. The van der Waals surface area contributed by atoms with Crippen molar-refractivity contribution in [2.24, 2.45) is 0 Å². The number of methoxy groups -OCH3 is 5. The topological polar surface area (TPSA) is 133 Å². The molecule has 1 amide bonds. The normalized spacial score (nSPS) is 11.1. The molecule has 0 unspecified atom stereocenters. The van der Waals surface area contributed by atoms with Crippen LogP contribution < -0.4 is 34.6 Å². The van der Waals surface area contributed by atoms with E-state index in [9.17, 15) is 14.4 Å². The highest BCUT2D eigenvalue weighted by molar-refractivity contribution is 7.07. The van der Waals surface area contributed by atoms with Gasteiger partial charge in [-0.15, -0.1) is 0 Å². The number of rotatable bonds is 11. The number of hydrogen-bond donors (Lipinski definition) is 1. The molecule has 0 spiro atoms. The lowest BCUT2D eigenvalue weighted by atomic mass is 9.95. The molecule has 1 N–H and O–H groups in total. The van der Waals surface area contributed by atoms with Gasteiger partial charge in [-0.25, -0.2) is 9.59 Å². The second-order valence-electron chi connectivity index (χ2n) is 11.9. The van der Waals surface area contributed by atoms with Crippen molar-refractivity contribution in [3.63, 3.8) is 0 Å². The van der Waals surface area contributed by atoms with Gasteiger partial charge in [-0.2, -0.15) is 11.3 Å². The van der Waals surface area contributed by atoms with Gasteiger partial charge in [0.25, 0.3) is 5.56 Å². The Morgan fingerprint density at radius 3 is 1.98 bits per heavy atom. The maximum absolute atomic E-state index is 14.6. The van der Waals surface area contributed by atoms with Crippen LogP contribution in [-0.2, 0) is 16.1 Å². The Labute approximate surface area is 293 Å². The summed E-state index contributed by atoms with van der Waals surface area (Å²) in [5.41, 5.74) is 1.14. The summed E-state index contributed by atoms with van der Waals surface area (Å²) < 4.78 is 40.6. The van der Waals surface area contributed by atoms with Crippen LogP contribution in [0.2, 0.25) is 0 Å². The van der Waals surface area contributed by atoms with Crippen molar-refractivity contribution in [1.82, 2.24) is 4.57 Å². The van der Waals surface area contributed by atoms with Crippen molar-refractivity contribution < 1.29 is 42.7 Å². The molecule has 0 aliphatic rings. The summed E-state index contributed by atoms with van der Waals surface area (Å²) >= 11 is 1.54. The first-order valence-electron chi connectivity index (χ1n) is 15.4. The smallest absolute Gasteiger partial charge is 0.412 e. The standard InChI is InChI=1S/C37H38N2O10S/c1-37(2,3)49-36(42)38-23-9-11-24(12-10-23)39-32(35(41)47-8)31(22-15-29(44-5)33(46-7)30(16-22)45-6)25-17-27(43-4)28(18-26(25)34(39)40)48-19-21-13-14-50-20-21/h9-18,20H,19H2,1-8H3,(H,38,42). The van der Waals surface area contributed by atoms with Crippen LogP contribution in [0.5, 0.6) is 28.7 Å². The van der Waals surface area contributed by atoms with Crippen LogP contribution in [0.1, 0.15) is 36.8 Å². The molecular weight excluding hydrogens is 664 g/mol. The molecule has 13 heteroatoms. The Morgan fingerprint density at radius 1 is 0.800 bits per heavy atom. The molecule has 0 fully saturated rings. The lowest BCUT2D eigenvalue weighted by molar-refractivity contribution is 0.0589. The Hall–Kier alpha value is -5.69. The fourth-order valence-corrected chi connectivity index (χ4v) is 6.04. The molecule has 0 saturated carbocycles. The van der Waals surface area contributed by atoms with Crippen LogP contribution in [0, 0.1) is 0 Å². The van der Waals surface area contributed by atoms with Gasteiger partial charge in [0.15, 0.2) is 23.0 Å². The summed E-state index contributed by atoms with van der Waals surface area (Å²) in [6, 6.07) is 14.9. The molecule has 5 aromatic rings. The second-order valence-corrected chi connectivity index (χ2v) is 12.7. The number of hydrogen-bond acceptors (Lipinski definition) is 11. The summed E-state index contributed by atoms with van der Waals surface area (Å²) in [6.07, 6.45) is -0.642. The SMILES string of the molecule is COC(=O)c1c(-c2cc(OC)c(OC)c(OC)c2)c2cc(OC)c(OCc3ccsc3)cc2c(=O)n1-c1ccc(NC(=O)OC(C)(C)C)cc1. The van der Waals surface area contributed by atoms with E-state index in [1.54, 1.807) is 80.6 Å². The first kappa shape index (κ1) is 35.6. The average molecular weight is 703 g/mol. The Balaban J connectivity index is 1.82. The minimum Gasteiger partial charge on any atom is -0.493 e. The number of nitrogens with zero attached hydrogens (tertiary/aromatic N) is 1. The molecule has 3 aromatic carbocycles. The van der Waals surface area contributed by atoms with E-state index in [4.69, 9.17) is 33.2 Å². The van der Waals surface area contributed by atoms with Gasteiger partial charge >= 0.3 is 12.1 Å². The quantitative estimate of drug-likeness (QED) is 0.138. The molecule has 0 atom stereocenters. The minimum absolute atomic E-state index is 0.0823. The number of esters is 1. The van der Waals surface area contributed by atoms with E-state index in [-0.39, 0.29) is 17.7 Å². The van der Waals surface area contributed by atoms with Crippen LogP contribution in [0.4, 0.5) is 10.5 Å². The third-order valence-corrected chi connectivity index (χ3v) is 8.28. The molecule has 262 valence electrons. The van der Waals surface area contributed by atoms with Crippen LogP contribution >= 0.6 is 11.3 Å². The van der Waals surface area contributed by atoms with Gasteiger partial charge in [0.05, 0.1) is 40.9 Å². The molecule has 0 saturated heterocycles. The van der Waals surface area contributed by atoms with Gasteiger partial charge in [-0.1, -0.05) is 0 Å². The maximum Gasteiger partial charge on any atom is 0.412 e. The molecule has 0 aliphatic carbocycles. The van der Waals surface area contributed by atoms with Gasteiger partial charge in [0, 0.05) is 22.3 Å². The second kappa shape index (κ2) is 14.8. The molecule has 5 rings (SSSR count). The first-order chi connectivity index (χ1) is 23.9. The number of fused-ring (bicyclic) bond motifs is 1. The van der Waals surface area contributed by atoms with Crippen LogP contribution in [-0.4, -0.2) is 57.8 Å². The van der Waals surface area contributed by atoms with Crippen LogP contribution in [0.25, 0.3) is 27.6 Å². The fraction of sp³-hybridized carbons (Fsp3) is 0.270. The number of benzene rings is 3. The zero-order valence-corrected chi connectivity index (χ0v) is 29.8. The number of carbonyl (C=O) groups excluding carboxylic acids is 2. The van der Waals surface area contributed by atoms with Gasteiger partial charge in [-0.3, -0.25) is 14.7 Å². The van der Waals surface area contributed by atoms with Gasteiger partial charge in [-0.05, 0) is 97.3 Å². The van der Waals surface area contributed by atoms with Gasteiger partial charge in [0.2, 0.25) is 5.75 Å². The minimum atomic E-state index is -0.791. The Bertz CT molecular complexity index is 2060. The summed E-state index contributed by atoms with van der Waals surface area (Å²) in [5, 5.41) is 7.19. The molecule has 2 aromatic heterocycles. The largest absolute Gasteiger partial charge is 0.493 e. The van der Waals surface area contributed by atoms with E-state index in [0.29, 0.717) is 56.6 Å². The van der Waals surface area contributed by atoms with Crippen molar-refractivity contribution >= 4 is 39.9 Å². The van der Waals surface area contributed by atoms with Crippen LogP contribution in [0.15, 0.2) is 70.2 Å². The van der Waals surface area contributed by atoms with Gasteiger partial charge in [0.1, 0.15) is 17.9 Å². The number of ether oxygens (including phenoxy) is 7. The number of thiophene rings is 1. The zero-order chi connectivity index (χ0) is 36.2. The molecule has 0 radical (unpaired) electrons. The number of nitrogens with one attached hydrogen (secondary N) is 1. The van der Waals surface area contributed by atoms with Crippen molar-refractivity contribution in [3.05, 3.63) is 87.0 Å². The fourth-order valence-electron chi connectivity index (χ4n) is 5.38. The van der Waals surface area contributed by atoms with Crippen LogP contribution in [0.3, 0.4) is 0 Å². The summed E-state index contributed by atoms with van der Waals surface area (Å²) in [6.45, 7) is 5.52. The summed E-state index contributed by atoms with van der Waals surface area (Å²) in [4.78, 5) is 40.9. The average Bonchev–Trinajstić information content (AvgIpc) is 3.62. The van der Waals surface area contributed by atoms with Gasteiger partial charge < -0.3 is 33.2 Å². The van der Waals surface area contributed by atoms with E-state index < -0.39 is 23.2 Å². The zero-order valence-electron chi connectivity index (χ0n) is 29.0. The first-order valence-corrected chi connectivity index (χ1v) is 16.3. The molecule has 2 heterocycles. The monoisotopic (exact) mass is 702 g/mol. The molecule has 50 heavy (non-hydrogen) atoms. The molecule has 0 bridgehead atoms. The van der Waals surface area contributed by atoms with Crippen molar-refractivity contribution in [3.8, 4) is 45.6 Å². The van der Waals surface area contributed by atoms with Crippen molar-refractivity contribution in [2.75, 3.05) is 40.9 Å². The number of aromatic nitrogens is 1. The Morgan fingerprint density at radius 2 is 1.44 bits per heavy atom. The van der Waals surface area contributed by atoms with E-state index in [2.05, 4.69) is 5.32 Å². The van der Waals surface area contributed by atoms with E-state index in [1.807, 2.05) is 16.8 Å². The highest BCUT2D eigenvalue weighted by Crippen LogP contribution is 2.45. The number of amides is 1. The molecule has 12 nitrogen and oxygen atoms in total. The van der Waals surface area contributed by atoms with E-state index in [0.717, 1.165) is 5.56 Å². The number of anilines is 1. The van der Waals surface area contributed by atoms with Crippen molar-refractivity contribution in [1.29, 1.82) is 0 Å².